The van der Waals surface area contributed by atoms with Gasteiger partial charge < -0.3 is 15.2 Å². The van der Waals surface area contributed by atoms with Gasteiger partial charge in [0.25, 0.3) is 11.8 Å². The van der Waals surface area contributed by atoms with Crippen molar-refractivity contribution >= 4 is 28.4 Å². The Morgan fingerprint density at radius 3 is 2.38 bits per heavy atom. The molecular weight excluding hydrogens is 362 g/mol. The lowest BCUT2D eigenvalue weighted by Crippen LogP contribution is -2.19. The first-order valence-corrected chi connectivity index (χ1v) is 9.41. The van der Waals surface area contributed by atoms with Crippen LogP contribution in [0.25, 0.3) is 10.9 Å². The molecule has 0 aliphatic heterocycles. The van der Waals surface area contributed by atoms with Crippen molar-refractivity contribution in [1.82, 2.24) is 9.88 Å². The molecule has 29 heavy (non-hydrogen) atoms. The maximum atomic E-state index is 13.1. The van der Waals surface area contributed by atoms with Crippen LogP contribution in [0.1, 0.15) is 26.4 Å². The fourth-order valence-electron chi connectivity index (χ4n) is 3.41. The van der Waals surface area contributed by atoms with Gasteiger partial charge in [-0.3, -0.25) is 9.59 Å². The van der Waals surface area contributed by atoms with Crippen molar-refractivity contribution in [3.05, 3.63) is 102 Å². The van der Waals surface area contributed by atoms with E-state index in [-0.39, 0.29) is 11.8 Å². The highest BCUT2D eigenvalue weighted by Crippen LogP contribution is 2.23. The fraction of sp³-hybridized carbons (Fsp3) is 0.0833. The van der Waals surface area contributed by atoms with Crippen LogP contribution in [0, 0.1) is 0 Å². The normalized spacial score (nSPS) is 10.7. The van der Waals surface area contributed by atoms with E-state index >= 15 is 0 Å². The van der Waals surface area contributed by atoms with E-state index in [1.165, 1.54) is 0 Å². The van der Waals surface area contributed by atoms with Crippen LogP contribution >= 0.6 is 0 Å². The molecule has 0 saturated heterocycles. The largest absolute Gasteiger partial charge is 0.355 e. The molecule has 1 aromatic heterocycles. The summed E-state index contributed by atoms with van der Waals surface area (Å²) in [5.41, 5.74) is 3.76. The number of para-hydroxylation sites is 1. The molecule has 1 heterocycles. The lowest BCUT2D eigenvalue weighted by Gasteiger charge is -2.12. The molecule has 4 aromatic rings. The Kier molecular flexibility index (Phi) is 5.12. The molecule has 5 nitrogen and oxygen atoms in total. The van der Waals surface area contributed by atoms with E-state index in [2.05, 4.69) is 10.6 Å². The molecule has 0 atom stereocenters. The van der Waals surface area contributed by atoms with Crippen molar-refractivity contribution < 1.29 is 9.59 Å². The molecular formula is C24H21N3O2. The average Bonchev–Trinajstić information content (AvgIpc) is 3.13. The second kappa shape index (κ2) is 8.02. The molecule has 3 aromatic carbocycles. The number of aromatic nitrogens is 1. The van der Waals surface area contributed by atoms with Crippen LogP contribution < -0.4 is 10.6 Å². The number of fused-ring (bicyclic) bond motifs is 1. The SMILES string of the molecule is CNC(=O)c1cccc(NC(=O)c2cc3ccccc3n2Cc2ccccc2)c1. The minimum atomic E-state index is -0.216. The van der Waals surface area contributed by atoms with E-state index in [1.54, 1.807) is 31.3 Å². The lowest BCUT2D eigenvalue weighted by atomic mass is 10.2. The highest BCUT2D eigenvalue weighted by molar-refractivity contribution is 6.07. The van der Waals surface area contributed by atoms with Crippen molar-refractivity contribution in [3.63, 3.8) is 0 Å². The summed E-state index contributed by atoms with van der Waals surface area (Å²) in [5, 5.41) is 6.52. The Labute approximate surface area is 169 Å². The summed E-state index contributed by atoms with van der Waals surface area (Å²) < 4.78 is 2.02. The molecule has 2 amide bonds. The van der Waals surface area contributed by atoms with Gasteiger partial charge in [-0.15, -0.1) is 0 Å². The molecule has 0 fully saturated rings. The van der Waals surface area contributed by atoms with Crippen LogP contribution in [0.5, 0.6) is 0 Å². The second-order valence-electron chi connectivity index (χ2n) is 6.77. The maximum Gasteiger partial charge on any atom is 0.272 e. The summed E-state index contributed by atoms with van der Waals surface area (Å²) in [6.45, 7) is 0.593. The Hall–Kier alpha value is -3.86. The zero-order valence-corrected chi connectivity index (χ0v) is 16.1. The van der Waals surface area contributed by atoms with Gasteiger partial charge in [0.1, 0.15) is 5.69 Å². The first kappa shape index (κ1) is 18.5. The Morgan fingerprint density at radius 1 is 0.828 bits per heavy atom. The average molecular weight is 383 g/mol. The number of nitrogens with zero attached hydrogens (tertiary/aromatic N) is 1. The smallest absolute Gasteiger partial charge is 0.272 e. The van der Waals surface area contributed by atoms with Crippen LogP contribution in [0.4, 0.5) is 5.69 Å². The van der Waals surface area contributed by atoms with Crippen molar-refractivity contribution in [1.29, 1.82) is 0 Å². The summed E-state index contributed by atoms with van der Waals surface area (Å²) in [6, 6.07) is 26.8. The van der Waals surface area contributed by atoms with Crippen LogP contribution in [0.3, 0.4) is 0 Å². The van der Waals surface area contributed by atoms with Gasteiger partial charge in [0, 0.05) is 35.7 Å². The standard InChI is InChI=1S/C24H21N3O2/c1-25-23(28)19-11-7-12-20(14-19)26-24(29)22-15-18-10-5-6-13-21(18)27(22)16-17-8-3-2-4-9-17/h2-15H,16H2,1H3,(H,25,28)(H,26,29). The summed E-state index contributed by atoms with van der Waals surface area (Å²) in [4.78, 5) is 25.0. The van der Waals surface area contributed by atoms with Crippen molar-refractivity contribution in [2.24, 2.45) is 0 Å². The first-order chi connectivity index (χ1) is 14.2. The molecule has 0 aliphatic carbocycles. The molecule has 0 unspecified atom stereocenters. The number of hydrogen-bond donors (Lipinski definition) is 2. The quantitative estimate of drug-likeness (QED) is 0.540. The number of amides is 2. The Balaban J connectivity index is 1.69. The van der Waals surface area contributed by atoms with Gasteiger partial charge in [0.2, 0.25) is 0 Å². The monoisotopic (exact) mass is 383 g/mol. The van der Waals surface area contributed by atoms with E-state index in [0.717, 1.165) is 16.5 Å². The molecule has 4 rings (SSSR count). The van der Waals surface area contributed by atoms with Crippen molar-refractivity contribution in [2.45, 2.75) is 6.54 Å². The number of carbonyl (C=O) groups is 2. The highest BCUT2D eigenvalue weighted by atomic mass is 16.2. The minimum Gasteiger partial charge on any atom is -0.355 e. The predicted molar refractivity (Wildman–Crippen MR) is 115 cm³/mol. The van der Waals surface area contributed by atoms with Gasteiger partial charge in [-0.25, -0.2) is 0 Å². The number of carbonyl (C=O) groups excluding carboxylic acids is 2. The number of hydrogen-bond acceptors (Lipinski definition) is 2. The van der Waals surface area contributed by atoms with Gasteiger partial charge in [-0.1, -0.05) is 54.6 Å². The highest BCUT2D eigenvalue weighted by Gasteiger charge is 2.16. The molecule has 0 saturated carbocycles. The second-order valence-corrected chi connectivity index (χ2v) is 6.77. The predicted octanol–water partition coefficient (Wildman–Crippen LogP) is 4.30. The van der Waals surface area contributed by atoms with E-state index in [4.69, 9.17) is 0 Å². The van der Waals surface area contributed by atoms with E-state index in [1.807, 2.05) is 65.2 Å². The molecule has 2 N–H and O–H groups in total. The lowest BCUT2D eigenvalue weighted by molar-refractivity contribution is 0.0961. The van der Waals surface area contributed by atoms with Crippen LogP contribution in [-0.2, 0) is 6.54 Å². The Bertz CT molecular complexity index is 1180. The van der Waals surface area contributed by atoms with Crippen LogP contribution in [0.15, 0.2) is 84.9 Å². The molecule has 0 aliphatic rings. The van der Waals surface area contributed by atoms with Gasteiger partial charge in [0.15, 0.2) is 0 Å². The summed E-state index contributed by atoms with van der Waals surface area (Å²) >= 11 is 0. The molecule has 0 radical (unpaired) electrons. The third kappa shape index (κ3) is 3.89. The van der Waals surface area contributed by atoms with Crippen molar-refractivity contribution in [2.75, 3.05) is 12.4 Å². The molecule has 0 bridgehead atoms. The zero-order valence-electron chi connectivity index (χ0n) is 16.1. The van der Waals surface area contributed by atoms with Gasteiger partial charge in [-0.2, -0.15) is 0 Å². The van der Waals surface area contributed by atoms with E-state index < -0.39 is 0 Å². The number of rotatable bonds is 5. The van der Waals surface area contributed by atoms with Gasteiger partial charge >= 0.3 is 0 Å². The third-order valence-corrected chi connectivity index (χ3v) is 4.84. The minimum absolute atomic E-state index is 0.195. The van der Waals surface area contributed by atoms with Crippen LogP contribution in [-0.4, -0.2) is 23.4 Å². The van der Waals surface area contributed by atoms with Gasteiger partial charge in [0.05, 0.1) is 0 Å². The Morgan fingerprint density at radius 2 is 1.59 bits per heavy atom. The maximum absolute atomic E-state index is 13.1. The molecule has 5 heteroatoms. The first-order valence-electron chi connectivity index (χ1n) is 9.41. The zero-order chi connectivity index (χ0) is 20.2. The van der Waals surface area contributed by atoms with Crippen LogP contribution in [0.2, 0.25) is 0 Å². The summed E-state index contributed by atoms with van der Waals surface area (Å²) in [5.74, 6) is -0.412. The van der Waals surface area contributed by atoms with E-state index in [9.17, 15) is 9.59 Å². The number of nitrogens with one attached hydrogen (secondary N) is 2. The number of anilines is 1. The fourth-order valence-corrected chi connectivity index (χ4v) is 3.41. The summed E-state index contributed by atoms with van der Waals surface area (Å²) in [6.07, 6.45) is 0. The van der Waals surface area contributed by atoms with Gasteiger partial charge in [-0.05, 0) is 35.9 Å². The third-order valence-electron chi connectivity index (χ3n) is 4.84. The molecule has 0 spiro atoms. The van der Waals surface area contributed by atoms with E-state index in [0.29, 0.717) is 23.5 Å². The summed E-state index contributed by atoms with van der Waals surface area (Å²) in [7, 11) is 1.58. The molecule has 144 valence electrons. The van der Waals surface area contributed by atoms with Crippen molar-refractivity contribution in [3.8, 4) is 0 Å². The topological polar surface area (TPSA) is 63.1 Å². The number of benzene rings is 3.